The molecule has 1 fully saturated rings. The summed E-state index contributed by atoms with van der Waals surface area (Å²) < 4.78 is 18.1. The molecule has 0 aromatic heterocycles. The Morgan fingerprint density at radius 1 is 0.946 bits per heavy atom. The number of carbonyl (C=O) groups is 2. The molecule has 1 aliphatic carbocycles. The van der Waals surface area contributed by atoms with Gasteiger partial charge >= 0.3 is 5.97 Å². The molecule has 3 aromatic rings. The van der Waals surface area contributed by atoms with E-state index >= 15 is 0 Å². The molecule has 0 bridgehead atoms. The molecular weight excluding hydrogens is 470 g/mol. The summed E-state index contributed by atoms with van der Waals surface area (Å²) in [6.07, 6.45) is 3.18. The molecule has 5 rings (SSSR count). The summed E-state index contributed by atoms with van der Waals surface area (Å²) >= 11 is 0. The summed E-state index contributed by atoms with van der Waals surface area (Å²) in [5, 5.41) is 10.2. The summed E-state index contributed by atoms with van der Waals surface area (Å²) in [5.74, 6) is 0.205. The first-order valence-corrected chi connectivity index (χ1v) is 12.7. The SMILES string of the molecule is COc1ccc2c(c1Oc1ccccc1)CC(C(=O)O)N(C(=O)C(OC1CCCC1)c1ccccc1)C2. The zero-order valence-electron chi connectivity index (χ0n) is 20.8. The highest BCUT2D eigenvalue weighted by atomic mass is 16.5. The van der Waals surface area contributed by atoms with E-state index in [4.69, 9.17) is 14.2 Å². The van der Waals surface area contributed by atoms with Crippen LogP contribution in [0.5, 0.6) is 17.2 Å². The molecule has 1 saturated carbocycles. The van der Waals surface area contributed by atoms with Gasteiger partial charge in [-0.2, -0.15) is 0 Å². The average molecular weight is 502 g/mol. The molecule has 1 aliphatic heterocycles. The van der Waals surface area contributed by atoms with Crippen molar-refractivity contribution in [2.24, 2.45) is 0 Å². The number of hydrogen-bond acceptors (Lipinski definition) is 5. The Balaban J connectivity index is 1.50. The third kappa shape index (κ3) is 5.32. The lowest BCUT2D eigenvalue weighted by molar-refractivity contribution is -0.160. The maximum Gasteiger partial charge on any atom is 0.326 e. The molecule has 0 radical (unpaired) electrons. The van der Waals surface area contributed by atoms with Crippen molar-refractivity contribution in [2.75, 3.05) is 7.11 Å². The number of methoxy groups -OCH3 is 1. The van der Waals surface area contributed by atoms with Crippen molar-refractivity contribution in [1.82, 2.24) is 4.90 Å². The lowest BCUT2D eigenvalue weighted by atomic mass is 9.91. The molecule has 192 valence electrons. The van der Waals surface area contributed by atoms with Crippen LogP contribution in [0.2, 0.25) is 0 Å². The van der Waals surface area contributed by atoms with Gasteiger partial charge in [-0.25, -0.2) is 4.79 Å². The smallest absolute Gasteiger partial charge is 0.326 e. The number of carboxylic acid groups (broad SMARTS) is 1. The van der Waals surface area contributed by atoms with E-state index in [1.807, 2.05) is 66.7 Å². The van der Waals surface area contributed by atoms with E-state index < -0.39 is 18.1 Å². The van der Waals surface area contributed by atoms with E-state index in [2.05, 4.69) is 0 Å². The van der Waals surface area contributed by atoms with Crippen molar-refractivity contribution in [2.45, 2.75) is 56.9 Å². The third-order valence-electron chi connectivity index (χ3n) is 7.14. The van der Waals surface area contributed by atoms with Gasteiger partial charge in [0.2, 0.25) is 0 Å². The van der Waals surface area contributed by atoms with Crippen LogP contribution in [0.3, 0.4) is 0 Å². The molecule has 1 N–H and O–H groups in total. The van der Waals surface area contributed by atoms with Gasteiger partial charge in [0, 0.05) is 18.5 Å². The zero-order valence-corrected chi connectivity index (χ0v) is 20.8. The van der Waals surface area contributed by atoms with E-state index in [9.17, 15) is 14.7 Å². The fraction of sp³-hybridized carbons (Fsp3) is 0.333. The van der Waals surface area contributed by atoms with Crippen molar-refractivity contribution >= 4 is 11.9 Å². The second-order valence-corrected chi connectivity index (χ2v) is 9.51. The van der Waals surface area contributed by atoms with E-state index in [1.165, 1.54) is 4.90 Å². The summed E-state index contributed by atoms with van der Waals surface area (Å²) in [5.41, 5.74) is 2.29. The van der Waals surface area contributed by atoms with Crippen LogP contribution in [0.25, 0.3) is 0 Å². The highest BCUT2D eigenvalue weighted by molar-refractivity contribution is 5.88. The molecule has 2 unspecified atom stereocenters. The van der Waals surface area contributed by atoms with E-state index in [1.54, 1.807) is 13.2 Å². The molecule has 0 saturated heterocycles. The minimum absolute atomic E-state index is 0.00959. The van der Waals surface area contributed by atoms with Gasteiger partial charge in [0.05, 0.1) is 13.2 Å². The van der Waals surface area contributed by atoms with Crippen LogP contribution in [-0.4, -0.2) is 41.1 Å². The number of hydrogen-bond donors (Lipinski definition) is 1. The molecule has 2 aliphatic rings. The van der Waals surface area contributed by atoms with E-state index in [-0.39, 0.29) is 25.0 Å². The van der Waals surface area contributed by atoms with Crippen molar-refractivity contribution < 1.29 is 28.9 Å². The highest BCUT2D eigenvalue weighted by Crippen LogP contribution is 2.41. The Morgan fingerprint density at radius 2 is 1.62 bits per heavy atom. The molecular formula is C30H31NO6. The Morgan fingerprint density at radius 3 is 2.27 bits per heavy atom. The first-order valence-electron chi connectivity index (χ1n) is 12.7. The number of carbonyl (C=O) groups excluding carboxylic acids is 1. The third-order valence-corrected chi connectivity index (χ3v) is 7.14. The van der Waals surface area contributed by atoms with Gasteiger partial charge in [-0.1, -0.05) is 67.4 Å². The number of ether oxygens (including phenoxy) is 3. The number of amides is 1. The second-order valence-electron chi connectivity index (χ2n) is 9.51. The standard InChI is InChI=1S/C30H31NO6/c1-35-26-17-16-21-19-31(25(30(33)34)18-24(21)28(26)37-23-12-6-3-7-13-23)29(32)27(20-10-4-2-5-11-20)36-22-14-8-9-15-22/h2-7,10-13,16-17,22,25,27H,8-9,14-15,18-19H2,1H3,(H,33,34). The first kappa shape index (κ1) is 24.8. The molecule has 0 spiro atoms. The van der Waals surface area contributed by atoms with Crippen molar-refractivity contribution in [1.29, 1.82) is 0 Å². The van der Waals surface area contributed by atoms with Crippen LogP contribution in [0.15, 0.2) is 72.8 Å². The van der Waals surface area contributed by atoms with Crippen LogP contribution in [0.1, 0.15) is 48.5 Å². The molecule has 1 heterocycles. The summed E-state index contributed by atoms with van der Waals surface area (Å²) in [4.78, 5) is 27.9. The van der Waals surface area contributed by atoms with Gasteiger partial charge in [-0.3, -0.25) is 4.79 Å². The van der Waals surface area contributed by atoms with Crippen LogP contribution in [-0.2, 0) is 27.3 Å². The molecule has 2 atom stereocenters. The number of nitrogens with zero attached hydrogens (tertiary/aromatic N) is 1. The van der Waals surface area contributed by atoms with Crippen LogP contribution in [0, 0.1) is 0 Å². The van der Waals surface area contributed by atoms with Gasteiger partial charge in [0.25, 0.3) is 5.91 Å². The topological polar surface area (TPSA) is 85.3 Å². The van der Waals surface area contributed by atoms with Gasteiger partial charge in [-0.15, -0.1) is 0 Å². The summed E-state index contributed by atoms with van der Waals surface area (Å²) in [6, 6.07) is 21.2. The monoisotopic (exact) mass is 501 g/mol. The molecule has 1 amide bonds. The van der Waals surface area contributed by atoms with Gasteiger partial charge in [0.1, 0.15) is 11.8 Å². The predicted octanol–water partition coefficient (Wildman–Crippen LogP) is 5.53. The van der Waals surface area contributed by atoms with Crippen LogP contribution in [0.4, 0.5) is 0 Å². The normalized spacial score (nSPS) is 18.2. The van der Waals surface area contributed by atoms with Crippen molar-refractivity contribution in [3.8, 4) is 17.2 Å². The molecule has 3 aromatic carbocycles. The zero-order chi connectivity index (χ0) is 25.8. The largest absolute Gasteiger partial charge is 0.493 e. The van der Waals surface area contributed by atoms with Crippen molar-refractivity contribution in [3.05, 3.63) is 89.5 Å². The number of fused-ring (bicyclic) bond motifs is 1. The highest BCUT2D eigenvalue weighted by Gasteiger charge is 2.41. The molecule has 7 nitrogen and oxygen atoms in total. The average Bonchev–Trinajstić information content (AvgIpc) is 3.45. The number of aliphatic carboxylic acids is 1. The first-order chi connectivity index (χ1) is 18.0. The fourth-order valence-electron chi connectivity index (χ4n) is 5.22. The lowest BCUT2D eigenvalue weighted by Gasteiger charge is -2.37. The molecule has 7 heteroatoms. The number of carboxylic acids is 1. The quantitative estimate of drug-likeness (QED) is 0.437. The fourth-order valence-corrected chi connectivity index (χ4v) is 5.22. The van der Waals surface area contributed by atoms with E-state index in [0.717, 1.165) is 42.4 Å². The maximum absolute atomic E-state index is 14.0. The Hall–Kier alpha value is -3.84. The van der Waals surface area contributed by atoms with Gasteiger partial charge < -0.3 is 24.2 Å². The van der Waals surface area contributed by atoms with Crippen LogP contribution < -0.4 is 9.47 Å². The second kappa shape index (κ2) is 11.0. The van der Waals surface area contributed by atoms with Crippen LogP contribution >= 0.6 is 0 Å². The maximum atomic E-state index is 14.0. The number of para-hydroxylation sites is 1. The predicted molar refractivity (Wildman–Crippen MR) is 138 cm³/mol. The number of rotatable bonds is 8. The van der Waals surface area contributed by atoms with Crippen molar-refractivity contribution in [3.63, 3.8) is 0 Å². The van der Waals surface area contributed by atoms with Gasteiger partial charge in [-0.05, 0) is 42.2 Å². The summed E-state index contributed by atoms with van der Waals surface area (Å²) in [6.45, 7) is 0.137. The molecule has 37 heavy (non-hydrogen) atoms. The number of benzene rings is 3. The Bertz CT molecular complexity index is 1240. The van der Waals surface area contributed by atoms with E-state index in [0.29, 0.717) is 17.2 Å². The minimum Gasteiger partial charge on any atom is -0.493 e. The lowest BCUT2D eigenvalue weighted by Crippen LogP contribution is -2.50. The Labute approximate surface area is 216 Å². The van der Waals surface area contributed by atoms with Gasteiger partial charge in [0.15, 0.2) is 17.6 Å². The summed E-state index contributed by atoms with van der Waals surface area (Å²) in [7, 11) is 1.55. The minimum atomic E-state index is -1.07. The Kier molecular flexibility index (Phi) is 7.42.